The quantitative estimate of drug-likeness (QED) is 0.816. The number of hydrogen-bond donors (Lipinski definition) is 0. The van der Waals surface area contributed by atoms with Gasteiger partial charge in [-0.05, 0) is 43.4 Å². The van der Waals surface area contributed by atoms with Crippen molar-refractivity contribution >= 4 is 17.5 Å². The Hall–Kier alpha value is -1.10. The maximum absolute atomic E-state index is 12.5. The lowest BCUT2D eigenvalue weighted by molar-refractivity contribution is -0.138. The summed E-state index contributed by atoms with van der Waals surface area (Å²) in [6.45, 7) is 4.51. The van der Waals surface area contributed by atoms with Gasteiger partial charge in [-0.3, -0.25) is 9.69 Å². The lowest BCUT2D eigenvalue weighted by Gasteiger charge is -2.45. The molecule has 1 aromatic carbocycles. The largest absolute Gasteiger partial charge is 0.384 e. The number of carbonyl (C=O) groups excluding carboxylic acids is 1. The number of hydrogen-bond acceptors (Lipinski definition) is 3. The van der Waals surface area contributed by atoms with Crippen LogP contribution in [0.5, 0.6) is 0 Å². The Morgan fingerprint density at radius 2 is 1.88 bits per heavy atom. The van der Waals surface area contributed by atoms with E-state index in [1.54, 1.807) is 7.11 Å². The number of methoxy groups -OCH3 is 1. The molecule has 0 unspecified atom stereocenters. The molecule has 1 amide bonds. The maximum Gasteiger partial charge on any atom is 0.225 e. The normalized spacial score (nSPS) is 20.7. The van der Waals surface area contributed by atoms with Crippen molar-refractivity contribution in [2.75, 3.05) is 33.4 Å². The third kappa shape index (κ3) is 3.93. The summed E-state index contributed by atoms with van der Waals surface area (Å²) >= 11 is 5.96. The first-order chi connectivity index (χ1) is 11.6. The van der Waals surface area contributed by atoms with Crippen LogP contribution in [0.2, 0.25) is 5.02 Å². The predicted octanol–water partition coefficient (Wildman–Crippen LogP) is 3.33. The Morgan fingerprint density at radius 3 is 2.54 bits per heavy atom. The molecule has 0 atom stereocenters. The van der Waals surface area contributed by atoms with Crippen LogP contribution in [0.1, 0.15) is 37.7 Å². The van der Waals surface area contributed by atoms with Gasteiger partial charge in [0.25, 0.3) is 0 Å². The molecule has 1 spiro atoms. The number of piperidine rings is 1. The van der Waals surface area contributed by atoms with Gasteiger partial charge in [-0.1, -0.05) is 23.7 Å². The highest BCUT2D eigenvalue weighted by molar-refractivity contribution is 6.30. The van der Waals surface area contributed by atoms with Crippen molar-refractivity contribution in [3.05, 3.63) is 34.9 Å². The highest BCUT2D eigenvalue weighted by Gasteiger charge is 2.44. The highest BCUT2D eigenvalue weighted by Crippen LogP contribution is 2.39. The van der Waals surface area contributed by atoms with Gasteiger partial charge in [0.05, 0.1) is 13.0 Å². The van der Waals surface area contributed by atoms with E-state index < -0.39 is 0 Å². The van der Waals surface area contributed by atoms with Gasteiger partial charge < -0.3 is 9.64 Å². The van der Waals surface area contributed by atoms with Gasteiger partial charge in [0.2, 0.25) is 5.91 Å². The SMILES string of the molecule is COCCC(=O)N1CCCC12CCN(Cc1ccc(Cl)cc1)CC2. The van der Waals surface area contributed by atoms with Gasteiger partial charge in [0, 0.05) is 43.9 Å². The van der Waals surface area contributed by atoms with Gasteiger partial charge in [-0.2, -0.15) is 0 Å². The summed E-state index contributed by atoms with van der Waals surface area (Å²) in [6, 6.07) is 8.11. The van der Waals surface area contributed by atoms with E-state index in [4.69, 9.17) is 16.3 Å². The van der Waals surface area contributed by atoms with Gasteiger partial charge in [-0.25, -0.2) is 0 Å². The molecule has 2 fully saturated rings. The van der Waals surface area contributed by atoms with Crippen molar-refractivity contribution in [1.82, 2.24) is 9.80 Å². The molecular formula is C19H27ClN2O2. The summed E-state index contributed by atoms with van der Waals surface area (Å²) in [5.41, 5.74) is 1.40. The van der Waals surface area contributed by atoms with Crippen molar-refractivity contribution in [3.8, 4) is 0 Å². The summed E-state index contributed by atoms with van der Waals surface area (Å²) in [7, 11) is 1.66. The molecule has 1 aromatic rings. The van der Waals surface area contributed by atoms with Crippen LogP contribution in [0.25, 0.3) is 0 Å². The molecule has 5 heteroatoms. The van der Waals surface area contributed by atoms with Crippen molar-refractivity contribution in [3.63, 3.8) is 0 Å². The van der Waals surface area contributed by atoms with E-state index in [-0.39, 0.29) is 11.4 Å². The van der Waals surface area contributed by atoms with Crippen LogP contribution < -0.4 is 0 Å². The molecule has 2 saturated heterocycles. The lowest BCUT2D eigenvalue weighted by atomic mass is 9.84. The van der Waals surface area contributed by atoms with Crippen molar-refractivity contribution in [2.45, 2.75) is 44.2 Å². The monoisotopic (exact) mass is 350 g/mol. The molecule has 0 N–H and O–H groups in total. The summed E-state index contributed by atoms with van der Waals surface area (Å²) in [5.74, 6) is 0.264. The van der Waals surface area contributed by atoms with Crippen molar-refractivity contribution in [2.24, 2.45) is 0 Å². The van der Waals surface area contributed by atoms with E-state index in [0.29, 0.717) is 13.0 Å². The molecule has 0 aliphatic carbocycles. The molecule has 0 saturated carbocycles. The minimum atomic E-state index is 0.0985. The standard InChI is InChI=1S/C19H27ClN2O2/c1-24-14-7-18(23)22-11-2-8-19(22)9-12-21(13-10-19)15-16-3-5-17(20)6-4-16/h3-6H,2,7-15H2,1H3. The first-order valence-corrected chi connectivity index (χ1v) is 9.27. The molecule has 2 aliphatic rings. The Morgan fingerprint density at radius 1 is 1.17 bits per heavy atom. The second kappa shape index (κ2) is 7.85. The van der Waals surface area contributed by atoms with Crippen LogP contribution in [0.4, 0.5) is 0 Å². The van der Waals surface area contributed by atoms with Crippen LogP contribution >= 0.6 is 11.6 Å². The van der Waals surface area contributed by atoms with E-state index in [1.807, 2.05) is 12.1 Å². The van der Waals surface area contributed by atoms with Gasteiger partial charge in [0.15, 0.2) is 0 Å². The third-order valence-corrected chi connectivity index (χ3v) is 5.78. The van der Waals surface area contributed by atoms with E-state index in [0.717, 1.165) is 56.9 Å². The molecule has 2 heterocycles. The highest BCUT2D eigenvalue weighted by atomic mass is 35.5. The minimum Gasteiger partial charge on any atom is -0.384 e. The van der Waals surface area contributed by atoms with Crippen LogP contribution in [0.15, 0.2) is 24.3 Å². The molecule has 2 aliphatic heterocycles. The molecule has 0 radical (unpaired) electrons. The molecular weight excluding hydrogens is 324 g/mol. The number of rotatable bonds is 5. The van der Waals surface area contributed by atoms with Crippen LogP contribution in [-0.4, -0.2) is 54.6 Å². The number of carbonyl (C=O) groups is 1. The summed E-state index contributed by atoms with van der Waals surface area (Å²) in [4.78, 5) is 17.2. The van der Waals surface area contributed by atoms with E-state index in [9.17, 15) is 4.79 Å². The van der Waals surface area contributed by atoms with Crippen molar-refractivity contribution in [1.29, 1.82) is 0 Å². The fourth-order valence-electron chi connectivity index (χ4n) is 4.15. The number of halogens is 1. The topological polar surface area (TPSA) is 32.8 Å². The summed E-state index contributed by atoms with van der Waals surface area (Å²) in [6.07, 6.45) is 4.96. The zero-order valence-electron chi connectivity index (χ0n) is 14.5. The smallest absolute Gasteiger partial charge is 0.225 e. The zero-order valence-corrected chi connectivity index (χ0v) is 15.2. The average Bonchev–Trinajstić information content (AvgIpc) is 3.00. The minimum absolute atomic E-state index is 0.0985. The van der Waals surface area contributed by atoms with Gasteiger partial charge >= 0.3 is 0 Å². The number of benzene rings is 1. The van der Waals surface area contributed by atoms with Crippen LogP contribution in [0, 0.1) is 0 Å². The Labute approximate surface area is 149 Å². The number of nitrogens with zero attached hydrogens (tertiary/aromatic N) is 2. The van der Waals surface area contributed by atoms with Crippen LogP contribution in [-0.2, 0) is 16.1 Å². The molecule has 132 valence electrons. The van der Waals surface area contributed by atoms with E-state index >= 15 is 0 Å². The number of likely N-dealkylation sites (tertiary alicyclic amines) is 2. The van der Waals surface area contributed by atoms with Crippen LogP contribution in [0.3, 0.4) is 0 Å². The Bertz CT molecular complexity index is 553. The third-order valence-electron chi connectivity index (χ3n) is 5.52. The first kappa shape index (κ1) is 17.7. The Balaban J connectivity index is 1.56. The van der Waals surface area contributed by atoms with Crippen molar-refractivity contribution < 1.29 is 9.53 Å². The maximum atomic E-state index is 12.5. The van der Waals surface area contributed by atoms with Gasteiger partial charge in [-0.15, -0.1) is 0 Å². The molecule has 0 aromatic heterocycles. The predicted molar refractivity (Wildman–Crippen MR) is 96.1 cm³/mol. The average molecular weight is 351 g/mol. The first-order valence-electron chi connectivity index (χ1n) is 8.89. The summed E-state index contributed by atoms with van der Waals surface area (Å²) in [5, 5.41) is 0.785. The second-order valence-corrected chi connectivity index (χ2v) is 7.46. The van der Waals surface area contributed by atoms with E-state index in [2.05, 4.69) is 21.9 Å². The number of amides is 1. The fraction of sp³-hybridized carbons (Fsp3) is 0.632. The number of ether oxygens (including phenoxy) is 1. The summed E-state index contributed by atoms with van der Waals surface area (Å²) < 4.78 is 5.07. The lowest BCUT2D eigenvalue weighted by Crippen LogP contribution is -2.54. The van der Waals surface area contributed by atoms with Gasteiger partial charge in [0.1, 0.15) is 0 Å². The molecule has 24 heavy (non-hydrogen) atoms. The zero-order chi connectivity index (χ0) is 17.0. The molecule has 0 bridgehead atoms. The Kier molecular flexibility index (Phi) is 5.80. The van der Waals surface area contributed by atoms with E-state index in [1.165, 1.54) is 5.56 Å². The molecule has 4 nitrogen and oxygen atoms in total. The second-order valence-electron chi connectivity index (χ2n) is 7.02. The fourth-order valence-corrected chi connectivity index (χ4v) is 4.27. The molecule has 3 rings (SSSR count).